The molecule has 0 aliphatic carbocycles. The van der Waals surface area contributed by atoms with Crippen LogP contribution in [0, 0.1) is 10.1 Å². The predicted molar refractivity (Wildman–Crippen MR) is 136 cm³/mol. The Balaban J connectivity index is 1.36. The van der Waals surface area contributed by atoms with E-state index in [-0.39, 0.29) is 11.6 Å². The maximum atomic E-state index is 12.9. The highest BCUT2D eigenvalue weighted by Gasteiger charge is 2.22. The lowest BCUT2D eigenvalue weighted by Crippen LogP contribution is -2.48. The van der Waals surface area contributed by atoms with Gasteiger partial charge < -0.3 is 14.5 Å². The van der Waals surface area contributed by atoms with E-state index in [4.69, 9.17) is 4.74 Å². The number of nitrogens with zero attached hydrogens (tertiary/aromatic N) is 3. The van der Waals surface area contributed by atoms with Crippen LogP contribution in [0.5, 0.6) is 5.75 Å². The first-order chi connectivity index (χ1) is 16.6. The van der Waals surface area contributed by atoms with Crippen LogP contribution in [-0.4, -0.2) is 48.5 Å². The van der Waals surface area contributed by atoms with E-state index in [0.29, 0.717) is 38.3 Å². The summed E-state index contributed by atoms with van der Waals surface area (Å²) in [5, 5.41) is 10.8. The summed E-state index contributed by atoms with van der Waals surface area (Å²) in [5.41, 5.74) is 1.70. The Morgan fingerprint density at radius 2 is 1.44 bits per heavy atom. The molecule has 0 atom stereocenters. The first-order valence-corrected chi connectivity index (χ1v) is 12.6. The number of carbonyl (C=O) groups is 1. The molecule has 0 unspecified atom stereocenters. The van der Waals surface area contributed by atoms with Crippen LogP contribution in [0.4, 0.5) is 11.4 Å². The first-order valence-electron chi connectivity index (χ1n) is 12.6. The molecule has 7 heteroatoms. The second kappa shape index (κ2) is 13.6. The van der Waals surface area contributed by atoms with Crippen molar-refractivity contribution in [2.75, 3.05) is 37.7 Å². The monoisotopic (exact) mass is 467 g/mol. The molecule has 0 radical (unpaired) electrons. The van der Waals surface area contributed by atoms with Crippen LogP contribution in [0.2, 0.25) is 0 Å². The maximum absolute atomic E-state index is 12.9. The Labute approximate surface area is 202 Å². The van der Waals surface area contributed by atoms with E-state index in [1.54, 1.807) is 12.1 Å². The Kier molecular flexibility index (Phi) is 10.2. The molecule has 1 aliphatic heterocycles. The Morgan fingerprint density at radius 1 is 0.853 bits per heavy atom. The molecule has 1 fully saturated rings. The minimum atomic E-state index is -0.396. The molecule has 0 bridgehead atoms. The molecule has 0 aromatic heterocycles. The smallest absolute Gasteiger partial charge is 0.269 e. The molecule has 1 amide bonds. The lowest BCUT2D eigenvalue weighted by atomic mass is 10.1. The van der Waals surface area contributed by atoms with Gasteiger partial charge in [-0.2, -0.15) is 0 Å². The van der Waals surface area contributed by atoms with Crippen molar-refractivity contribution in [3.8, 4) is 5.75 Å². The predicted octanol–water partition coefficient (Wildman–Crippen LogP) is 6.08. The average molecular weight is 468 g/mol. The molecule has 7 nitrogen and oxygen atoms in total. The lowest BCUT2D eigenvalue weighted by Gasteiger charge is -2.36. The summed E-state index contributed by atoms with van der Waals surface area (Å²) in [7, 11) is 0. The Bertz CT molecular complexity index is 891. The molecule has 34 heavy (non-hydrogen) atoms. The molecule has 0 N–H and O–H groups in total. The van der Waals surface area contributed by atoms with Crippen molar-refractivity contribution < 1.29 is 14.5 Å². The van der Waals surface area contributed by atoms with Gasteiger partial charge in [0.25, 0.3) is 11.6 Å². The van der Waals surface area contributed by atoms with E-state index in [0.717, 1.165) is 17.9 Å². The van der Waals surface area contributed by atoms with E-state index >= 15 is 0 Å². The van der Waals surface area contributed by atoms with Crippen molar-refractivity contribution >= 4 is 17.3 Å². The number of hydrogen-bond donors (Lipinski definition) is 0. The summed E-state index contributed by atoms with van der Waals surface area (Å²) in [6.07, 6.45) is 10.2. The van der Waals surface area contributed by atoms with Crippen LogP contribution in [0.1, 0.15) is 68.6 Å². The number of carbonyl (C=O) groups excluding carboxylic acids is 1. The van der Waals surface area contributed by atoms with Crippen LogP contribution >= 0.6 is 0 Å². The summed E-state index contributed by atoms with van der Waals surface area (Å²) >= 11 is 0. The molecular formula is C27H37N3O4. The second-order valence-corrected chi connectivity index (χ2v) is 8.90. The Morgan fingerprint density at radius 3 is 2.03 bits per heavy atom. The van der Waals surface area contributed by atoms with Crippen molar-refractivity contribution in [3.63, 3.8) is 0 Å². The van der Waals surface area contributed by atoms with E-state index in [9.17, 15) is 14.9 Å². The summed E-state index contributed by atoms with van der Waals surface area (Å²) in [5.74, 6) is 0.834. The zero-order valence-corrected chi connectivity index (χ0v) is 20.3. The molecule has 0 saturated carbocycles. The SMILES string of the molecule is CCCCCCCCCCOc1ccc(C(=O)N2CCN(c3ccc([N+](=O)[O-])cc3)CC2)cc1. The molecular weight excluding hydrogens is 430 g/mol. The minimum absolute atomic E-state index is 0.0259. The van der Waals surface area contributed by atoms with Crippen molar-refractivity contribution in [1.29, 1.82) is 0 Å². The van der Waals surface area contributed by atoms with Crippen LogP contribution in [-0.2, 0) is 0 Å². The fourth-order valence-corrected chi connectivity index (χ4v) is 4.26. The molecule has 184 valence electrons. The van der Waals surface area contributed by atoms with Gasteiger partial charge in [-0.3, -0.25) is 14.9 Å². The normalized spacial score (nSPS) is 13.7. The highest BCUT2D eigenvalue weighted by atomic mass is 16.6. The van der Waals surface area contributed by atoms with Gasteiger partial charge >= 0.3 is 0 Å². The molecule has 1 aliphatic rings. The van der Waals surface area contributed by atoms with Crippen LogP contribution in [0.3, 0.4) is 0 Å². The zero-order valence-electron chi connectivity index (χ0n) is 20.3. The number of benzene rings is 2. The number of nitro benzene ring substituents is 1. The van der Waals surface area contributed by atoms with Crippen LogP contribution < -0.4 is 9.64 Å². The summed E-state index contributed by atoms with van der Waals surface area (Å²) in [4.78, 5) is 27.3. The summed E-state index contributed by atoms with van der Waals surface area (Å²) in [6.45, 7) is 5.59. The minimum Gasteiger partial charge on any atom is -0.494 e. The number of ether oxygens (including phenoxy) is 1. The van der Waals surface area contributed by atoms with E-state index in [1.807, 2.05) is 29.2 Å². The van der Waals surface area contributed by atoms with Crippen molar-refractivity contribution in [3.05, 3.63) is 64.2 Å². The largest absolute Gasteiger partial charge is 0.494 e. The third kappa shape index (κ3) is 7.75. The van der Waals surface area contributed by atoms with Crippen molar-refractivity contribution in [2.45, 2.75) is 58.3 Å². The van der Waals surface area contributed by atoms with E-state index in [1.165, 1.54) is 57.1 Å². The third-order valence-corrected chi connectivity index (χ3v) is 6.36. The number of unbranched alkanes of at least 4 members (excludes halogenated alkanes) is 7. The van der Waals surface area contributed by atoms with Gasteiger partial charge in [0.2, 0.25) is 0 Å². The fraction of sp³-hybridized carbons (Fsp3) is 0.519. The average Bonchev–Trinajstić information content (AvgIpc) is 2.88. The van der Waals surface area contributed by atoms with Gasteiger partial charge in [-0.1, -0.05) is 51.9 Å². The maximum Gasteiger partial charge on any atom is 0.269 e. The fourth-order valence-electron chi connectivity index (χ4n) is 4.26. The summed E-state index contributed by atoms with van der Waals surface area (Å²) < 4.78 is 5.84. The third-order valence-electron chi connectivity index (χ3n) is 6.36. The van der Waals surface area contributed by atoms with Gasteiger partial charge in [0.15, 0.2) is 0 Å². The second-order valence-electron chi connectivity index (χ2n) is 8.90. The van der Waals surface area contributed by atoms with Crippen LogP contribution in [0.25, 0.3) is 0 Å². The highest BCUT2D eigenvalue weighted by Crippen LogP contribution is 2.22. The van der Waals surface area contributed by atoms with E-state index < -0.39 is 4.92 Å². The number of non-ortho nitro benzene ring substituents is 1. The first kappa shape index (κ1) is 25.5. The van der Waals surface area contributed by atoms with Gasteiger partial charge in [0, 0.05) is 49.6 Å². The number of nitro groups is 1. The van der Waals surface area contributed by atoms with Crippen molar-refractivity contribution in [2.24, 2.45) is 0 Å². The number of rotatable bonds is 13. The highest BCUT2D eigenvalue weighted by molar-refractivity contribution is 5.94. The molecule has 1 heterocycles. The van der Waals surface area contributed by atoms with Gasteiger partial charge in [-0.05, 0) is 42.8 Å². The van der Waals surface area contributed by atoms with Crippen LogP contribution in [0.15, 0.2) is 48.5 Å². The lowest BCUT2D eigenvalue weighted by molar-refractivity contribution is -0.384. The summed E-state index contributed by atoms with van der Waals surface area (Å²) in [6, 6.07) is 14.0. The zero-order chi connectivity index (χ0) is 24.2. The van der Waals surface area contributed by atoms with Gasteiger partial charge in [-0.25, -0.2) is 0 Å². The van der Waals surface area contributed by atoms with Gasteiger partial charge in [-0.15, -0.1) is 0 Å². The molecule has 2 aromatic carbocycles. The van der Waals surface area contributed by atoms with Gasteiger partial charge in [0.1, 0.15) is 5.75 Å². The number of hydrogen-bond acceptors (Lipinski definition) is 5. The van der Waals surface area contributed by atoms with E-state index in [2.05, 4.69) is 11.8 Å². The number of anilines is 1. The number of amides is 1. The topological polar surface area (TPSA) is 75.9 Å². The van der Waals surface area contributed by atoms with Gasteiger partial charge in [0.05, 0.1) is 11.5 Å². The quantitative estimate of drug-likeness (QED) is 0.203. The Hall–Kier alpha value is -3.09. The number of piperazine rings is 1. The molecule has 0 spiro atoms. The molecule has 1 saturated heterocycles. The molecule has 2 aromatic rings. The standard InChI is InChI=1S/C27H37N3O4/c1-2-3-4-5-6-7-8-9-22-34-26-16-10-23(11-17-26)27(31)29-20-18-28(19-21-29)24-12-14-25(15-13-24)30(32)33/h10-17H,2-9,18-22H2,1H3. The molecule has 3 rings (SSSR count). The van der Waals surface area contributed by atoms with Crippen molar-refractivity contribution in [1.82, 2.24) is 4.90 Å².